The lowest BCUT2D eigenvalue weighted by Gasteiger charge is -2.07. The van der Waals surface area contributed by atoms with E-state index in [2.05, 4.69) is 15.6 Å². The van der Waals surface area contributed by atoms with Crippen LogP contribution in [-0.2, 0) is 4.74 Å². The average Bonchev–Trinajstić information content (AvgIpc) is 2.43. The Morgan fingerprint density at radius 3 is 2.75 bits per heavy atom. The van der Waals surface area contributed by atoms with Crippen molar-refractivity contribution in [3.05, 3.63) is 24.0 Å². The van der Waals surface area contributed by atoms with Crippen LogP contribution < -0.4 is 10.6 Å². The summed E-state index contributed by atoms with van der Waals surface area (Å²) in [5, 5.41) is 13.9. The van der Waals surface area contributed by atoms with Gasteiger partial charge in [0.1, 0.15) is 5.69 Å². The molecule has 0 spiro atoms. The third-order valence-corrected chi connectivity index (χ3v) is 2.34. The maximum absolute atomic E-state index is 11.5. The first-order chi connectivity index (χ1) is 9.63. The molecule has 0 saturated carbocycles. The number of nitrogens with one attached hydrogen (secondary N) is 2. The van der Waals surface area contributed by atoms with E-state index >= 15 is 0 Å². The van der Waals surface area contributed by atoms with Crippen LogP contribution >= 0.6 is 0 Å². The van der Waals surface area contributed by atoms with E-state index in [4.69, 9.17) is 9.84 Å². The van der Waals surface area contributed by atoms with E-state index in [0.29, 0.717) is 18.8 Å². The summed E-state index contributed by atoms with van der Waals surface area (Å²) >= 11 is 0. The first-order valence-electron chi connectivity index (χ1n) is 6.45. The molecule has 0 aliphatic heterocycles. The van der Waals surface area contributed by atoms with Gasteiger partial charge >= 0.3 is 12.0 Å². The molecule has 0 fully saturated rings. The summed E-state index contributed by atoms with van der Waals surface area (Å²) < 4.78 is 5.28. The molecule has 7 heteroatoms. The largest absolute Gasteiger partial charge is 0.477 e. The van der Waals surface area contributed by atoms with Crippen molar-refractivity contribution in [2.24, 2.45) is 0 Å². The molecule has 1 aromatic rings. The normalized spacial score (nSPS) is 10.1. The Kier molecular flexibility index (Phi) is 7.05. The minimum absolute atomic E-state index is 0.0657. The summed E-state index contributed by atoms with van der Waals surface area (Å²) in [5.74, 6) is -1.10. The molecule has 0 saturated heterocycles. The highest BCUT2D eigenvalue weighted by molar-refractivity contribution is 5.90. The highest BCUT2D eigenvalue weighted by atomic mass is 16.5. The van der Waals surface area contributed by atoms with Crippen molar-refractivity contribution in [1.82, 2.24) is 10.3 Å². The van der Waals surface area contributed by atoms with Crippen LogP contribution in [0.1, 0.15) is 30.3 Å². The first-order valence-corrected chi connectivity index (χ1v) is 6.45. The van der Waals surface area contributed by atoms with Gasteiger partial charge in [-0.2, -0.15) is 0 Å². The number of aromatic nitrogens is 1. The molecule has 0 bridgehead atoms. The van der Waals surface area contributed by atoms with Crippen LogP contribution in [-0.4, -0.2) is 41.8 Å². The van der Waals surface area contributed by atoms with Crippen LogP contribution in [0, 0.1) is 0 Å². The third-order valence-electron chi connectivity index (χ3n) is 2.34. The van der Waals surface area contributed by atoms with Gasteiger partial charge in [0.15, 0.2) is 0 Å². The Hall–Kier alpha value is -2.15. The Balaban J connectivity index is 2.23. The van der Waals surface area contributed by atoms with Gasteiger partial charge in [-0.15, -0.1) is 0 Å². The second kappa shape index (κ2) is 8.87. The van der Waals surface area contributed by atoms with Crippen molar-refractivity contribution in [3.8, 4) is 0 Å². The standard InChI is InChI=1S/C13H19N3O4/c1-2-7-20-8-3-6-14-13(19)16-10-4-5-11(12(17)18)15-9-10/h4-5,9H,2-3,6-8H2,1H3,(H,17,18)(H2,14,16,19). The zero-order valence-electron chi connectivity index (χ0n) is 11.4. The fourth-order valence-corrected chi connectivity index (χ4v) is 1.39. The SMILES string of the molecule is CCCOCCCNC(=O)Nc1ccc(C(=O)O)nc1. The van der Waals surface area contributed by atoms with Crippen LogP contribution in [0.25, 0.3) is 0 Å². The third kappa shape index (κ3) is 6.14. The minimum Gasteiger partial charge on any atom is -0.477 e. The van der Waals surface area contributed by atoms with Crippen LogP contribution in [0.15, 0.2) is 18.3 Å². The molecule has 20 heavy (non-hydrogen) atoms. The van der Waals surface area contributed by atoms with E-state index in [0.717, 1.165) is 19.4 Å². The number of carbonyl (C=O) groups excluding carboxylic acids is 1. The molecule has 1 rings (SSSR count). The molecular weight excluding hydrogens is 262 g/mol. The maximum atomic E-state index is 11.5. The molecule has 2 amide bonds. The van der Waals surface area contributed by atoms with Crippen LogP contribution in [0.4, 0.5) is 10.5 Å². The Bertz CT molecular complexity index is 434. The minimum atomic E-state index is -1.10. The fraction of sp³-hybridized carbons (Fsp3) is 0.462. The lowest BCUT2D eigenvalue weighted by Crippen LogP contribution is -2.30. The molecule has 0 atom stereocenters. The van der Waals surface area contributed by atoms with Gasteiger partial charge in [-0.1, -0.05) is 6.92 Å². The molecule has 0 aliphatic rings. The smallest absolute Gasteiger partial charge is 0.354 e. The quantitative estimate of drug-likeness (QED) is 0.630. The summed E-state index contributed by atoms with van der Waals surface area (Å²) in [6, 6.07) is 2.46. The van der Waals surface area contributed by atoms with Crippen molar-refractivity contribution in [1.29, 1.82) is 0 Å². The van der Waals surface area contributed by atoms with Crippen LogP contribution in [0.5, 0.6) is 0 Å². The number of nitrogens with zero attached hydrogens (tertiary/aromatic N) is 1. The molecule has 0 aromatic carbocycles. The zero-order valence-corrected chi connectivity index (χ0v) is 11.4. The number of rotatable bonds is 8. The number of carbonyl (C=O) groups is 2. The zero-order chi connectivity index (χ0) is 14.8. The van der Waals surface area contributed by atoms with E-state index in [-0.39, 0.29) is 11.7 Å². The molecule has 0 unspecified atom stereocenters. The predicted molar refractivity (Wildman–Crippen MR) is 73.9 cm³/mol. The number of pyridine rings is 1. The Labute approximate surface area is 117 Å². The van der Waals surface area contributed by atoms with Gasteiger partial charge in [-0.3, -0.25) is 0 Å². The van der Waals surface area contributed by atoms with Crippen molar-refractivity contribution in [3.63, 3.8) is 0 Å². The van der Waals surface area contributed by atoms with Gasteiger partial charge in [0.05, 0.1) is 11.9 Å². The summed E-state index contributed by atoms with van der Waals surface area (Å²) in [6.45, 7) is 3.89. The summed E-state index contributed by atoms with van der Waals surface area (Å²) in [4.78, 5) is 25.8. The van der Waals surface area contributed by atoms with Crippen molar-refractivity contribution >= 4 is 17.7 Å². The fourth-order valence-electron chi connectivity index (χ4n) is 1.39. The second-order valence-electron chi connectivity index (χ2n) is 4.08. The molecule has 1 aromatic heterocycles. The molecule has 7 nitrogen and oxygen atoms in total. The number of carboxylic acids is 1. The van der Waals surface area contributed by atoms with Gasteiger partial charge in [0, 0.05) is 19.8 Å². The number of anilines is 1. The molecular formula is C13H19N3O4. The van der Waals surface area contributed by atoms with Gasteiger partial charge in [-0.05, 0) is 25.0 Å². The number of hydrogen-bond acceptors (Lipinski definition) is 4. The monoisotopic (exact) mass is 281 g/mol. The summed E-state index contributed by atoms with van der Waals surface area (Å²) in [7, 11) is 0. The van der Waals surface area contributed by atoms with Gasteiger partial charge in [-0.25, -0.2) is 14.6 Å². The Morgan fingerprint density at radius 1 is 1.35 bits per heavy atom. The number of ether oxygens (including phenoxy) is 1. The van der Waals surface area contributed by atoms with E-state index in [9.17, 15) is 9.59 Å². The summed E-state index contributed by atoms with van der Waals surface area (Å²) in [5.41, 5.74) is 0.374. The number of carboxylic acid groups (broad SMARTS) is 1. The molecule has 3 N–H and O–H groups in total. The van der Waals surface area contributed by atoms with Crippen LogP contribution in [0.3, 0.4) is 0 Å². The van der Waals surface area contributed by atoms with Crippen molar-refractivity contribution < 1.29 is 19.4 Å². The molecule has 0 radical (unpaired) electrons. The maximum Gasteiger partial charge on any atom is 0.354 e. The highest BCUT2D eigenvalue weighted by Gasteiger charge is 2.05. The van der Waals surface area contributed by atoms with Gasteiger partial charge in [0.2, 0.25) is 0 Å². The number of amides is 2. The van der Waals surface area contributed by atoms with E-state index < -0.39 is 5.97 Å². The number of aromatic carboxylic acids is 1. The predicted octanol–water partition coefficient (Wildman–Crippen LogP) is 1.72. The average molecular weight is 281 g/mol. The number of urea groups is 1. The second-order valence-corrected chi connectivity index (χ2v) is 4.08. The number of hydrogen-bond donors (Lipinski definition) is 3. The van der Waals surface area contributed by atoms with Gasteiger partial charge < -0.3 is 20.5 Å². The summed E-state index contributed by atoms with van der Waals surface area (Å²) in [6.07, 6.45) is 3.02. The molecule has 110 valence electrons. The van der Waals surface area contributed by atoms with E-state index in [1.54, 1.807) is 0 Å². The molecule has 0 aliphatic carbocycles. The Morgan fingerprint density at radius 2 is 2.15 bits per heavy atom. The van der Waals surface area contributed by atoms with Crippen molar-refractivity contribution in [2.45, 2.75) is 19.8 Å². The highest BCUT2D eigenvalue weighted by Crippen LogP contribution is 2.05. The first kappa shape index (κ1) is 15.9. The van der Waals surface area contributed by atoms with Gasteiger partial charge in [0.25, 0.3) is 0 Å². The lowest BCUT2D eigenvalue weighted by atomic mass is 10.3. The van der Waals surface area contributed by atoms with Crippen molar-refractivity contribution in [2.75, 3.05) is 25.1 Å². The van der Waals surface area contributed by atoms with E-state index in [1.165, 1.54) is 18.3 Å². The lowest BCUT2D eigenvalue weighted by molar-refractivity contribution is 0.0690. The molecule has 1 heterocycles. The topological polar surface area (TPSA) is 101 Å². The van der Waals surface area contributed by atoms with E-state index in [1.807, 2.05) is 6.92 Å². The van der Waals surface area contributed by atoms with Crippen LogP contribution in [0.2, 0.25) is 0 Å².